The minimum absolute atomic E-state index is 0.143. The van der Waals surface area contributed by atoms with Gasteiger partial charge in [0.2, 0.25) is 5.78 Å². The van der Waals surface area contributed by atoms with Crippen LogP contribution in [0, 0.1) is 0 Å². The smallest absolute Gasteiger partial charge is 0.344 e. The number of para-hydroxylation sites is 1. The van der Waals surface area contributed by atoms with Crippen LogP contribution in [0.4, 0.5) is 0 Å². The van der Waals surface area contributed by atoms with E-state index in [0.717, 1.165) is 0 Å². The van der Waals surface area contributed by atoms with Gasteiger partial charge in [-0.1, -0.05) is 12.1 Å². The topological polar surface area (TPSA) is 114 Å². The predicted octanol–water partition coefficient (Wildman–Crippen LogP) is 1.61. The normalized spacial score (nSPS) is 10.0. The van der Waals surface area contributed by atoms with Gasteiger partial charge < -0.3 is 24.7 Å². The van der Waals surface area contributed by atoms with Gasteiger partial charge in [-0.2, -0.15) is 0 Å². The molecule has 0 heterocycles. The summed E-state index contributed by atoms with van der Waals surface area (Å²) in [6.07, 6.45) is 0. The SMILES string of the molecule is COc1ccc(C(=O)COC(=O)COc2ccccc2C(N)=O)c(OC)c1. The number of rotatable bonds is 9. The lowest BCUT2D eigenvalue weighted by Gasteiger charge is -2.11. The Bertz CT molecular complexity index is 848. The van der Waals surface area contributed by atoms with Gasteiger partial charge in [0.05, 0.1) is 25.3 Å². The Morgan fingerprint density at radius 2 is 1.63 bits per heavy atom. The molecule has 0 radical (unpaired) electrons. The van der Waals surface area contributed by atoms with E-state index in [1.54, 1.807) is 24.3 Å². The second-order valence-electron chi connectivity index (χ2n) is 5.30. The number of esters is 1. The second-order valence-corrected chi connectivity index (χ2v) is 5.30. The van der Waals surface area contributed by atoms with Gasteiger partial charge in [0.25, 0.3) is 5.91 Å². The van der Waals surface area contributed by atoms with E-state index in [-0.39, 0.29) is 16.9 Å². The number of benzene rings is 2. The summed E-state index contributed by atoms with van der Waals surface area (Å²) in [5.74, 6) is -0.898. The lowest BCUT2D eigenvalue weighted by Crippen LogP contribution is -2.21. The summed E-state index contributed by atoms with van der Waals surface area (Å²) >= 11 is 0. The maximum Gasteiger partial charge on any atom is 0.344 e. The van der Waals surface area contributed by atoms with Crippen LogP contribution >= 0.6 is 0 Å². The third kappa shape index (κ3) is 5.21. The lowest BCUT2D eigenvalue weighted by atomic mass is 10.1. The fraction of sp³-hybridized carbons (Fsp3) is 0.211. The number of carbonyl (C=O) groups is 3. The van der Waals surface area contributed by atoms with E-state index in [9.17, 15) is 14.4 Å². The number of amides is 1. The summed E-state index contributed by atoms with van der Waals surface area (Å²) < 4.78 is 20.4. The average Bonchev–Trinajstić information content (AvgIpc) is 2.69. The van der Waals surface area contributed by atoms with Gasteiger partial charge in [-0.25, -0.2) is 4.79 Å². The molecule has 2 aromatic rings. The molecule has 2 aromatic carbocycles. The molecule has 0 aliphatic carbocycles. The fourth-order valence-corrected chi connectivity index (χ4v) is 2.23. The summed E-state index contributed by atoms with van der Waals surface area (Å²) in [7, 11) is 2.91. The third-order valence-electron chi connectivity index (χ3n) is 3.57. The highest BCUT2D eigenvalue weighted by atomic mass is 16.6. The molecule has 8 nitrogen and oxygen atoms in total. The van der Waals surface area contributed by atoms with Crippen molar-refractivity contribution >= 4 is 17.7 Å². The van der Waals surface area contributed by atoms with E-state index in [1.807, 2.05) is 0 Å². The van der Waals surface area contributed by atoms with Gasteiger partial charge in [-0.3, -0.25) is 9.59 Å². The summed E-state index contributed by atoms with van der Waals surface area (Å²) in [5.41, 5.74) is 5.63. The number of carbonyl (C=O) groups excluding carboxylic acids is 3. The van der Waals surface area contributed by atoms with E-state index in [1.165, 1.54) is 32.4 Å². The van der Waals surface area contributed by atoms with Gasteiger partial charge in [-0.15, -0.1) is 0 Å². The van der Waals surface area contributed by atoms with E-state index in [4.69, 9.17) is 24.7 Å². The van der Waals surface area contributed by atoms with Crippen molar-refractivity contribution in [2.45, 2.75) is 0 Å². The van der Waals surface area contributed by atoms with Crippen molar-refractivity contribution in [1.29, 1.82) is 0 Å². The molecule has 0 atom stereocenters. The van der Waals surface area contributed by atoms with Crippen molar-refractivity contribution in [2.75, 3.05) is 27.4 Å². The number of hydrogen-bond donors (Lipinski definition) is 1. The number of ketones is 1. The van der Waals surface area contributed by atoms with Crippen molar-refractivity contribution in [2.24, 2.45) is 5.73 Å². The number of primary amides is 1. The monoisotopic (exact) mass is 373 g/mol. The first kappa shape index (κ1) is 19.8. The van der Waals surface area contributed by atoms with Crippen molar-refractivity contribution < 1.29 is 33.3 Å². The molecular formula is C19H19NO7. The zero-order valence-electron chi connectivity index (χ0n) is 14.9. The van der Waals surface area contributed by atoms with Gasteiger partial charge in [0, 0.05) is 6.07 Å². The van der Waals surface area contributed by atoms with Gasteiger partial charge in [-0.05, 0) is 24.3 Å². The largest absolute Gasteiger partial charge is 0.497 e. The van der Waals surface area contributed by atoms with Gasteiger partial charge in [0.1, 0.15) is 17.2 Å². The lowest BCUT2D eigenvalue weighted by molar-refractivity contribution is -0.144. The minimum Gasteiger partial charge on any atom is -0.497 e. The Balaban J connectivity index is 1.92. The molecule has 27 heavy (non-hydrogen) atoms. The van der Waals surface area contributed by atoms with Crippen LogP contribution in [0.3, 0.4) is 0 Å². The molecule has 0 unspecified atom stereocenters. The number of ether oxygens (including phenoxy) is 4. The predicted molar refractivity (Wildman–Crippen MR) is 95.3 cm³/mol. The quantitative estimate of drug-likeness (QED) is 0.524. The Kier molecular flexibility index (Phi) is 6.76. The summed E-state index contributed by atoms with van der Waals surface area (Å²) in [6, 6.07) is 10.9. The van der Waals surface area contributed by atoms with E-state index in [2.05, 4.69) is 0 Å². The van der Waals surface area contributed by atoms with Crippen LogP contribution in [0.5, 0.6) is 17.2 Å². The Hall–Kier alpha value is -3.55. The first-order chi connectivity index (χ1) is 13.0. The second kappa shape index (κ2) is 9.23. The summed E-state index contributed by atoms with van der Waals surface area (Å²) in [4.78, 5) is 35.4. The number of methoxy groups -OCH3 is 2. The van der Waals surface area contributed by atoms with E-state index >= 15 is 0 Å². The average molecular weight is 373 g/mol. The molecule has 1 amide bonds. The van der Waals surface area contributed by atoms with E-state index in [0.29, 0.717) is 11.5 Å². The molecule has 0 aliphatic rings. The van der Waals surface area contributed by atoms with Crippen molar-refractivity contribution in [1.82, 2.24) is 0 Å². The van der Waals surface area contributed by atoms with Crippen molar-refractivity contribution in [3.8, 4) is 17.2 Å². The van der Waals surface area contributed by atoms with Crippen molar-refractivity contribution in [3.05, 3.63) is 53.6 Å². The first-order valence-electron chi connectivity index (χ1n) is 7.88. The zero-order valence-corrected chi connectivity index (χ0v) is 14.9. The molecule has 2 N–H and O–H groups in total. The third-order valence-corrected chi connectivity index (χ3v) is 3.57. The van der Waals surface area contributed by atoms with Crippen LogP contribution in [-0.4, -0.2) is 45.1 Å². The minimum atomic E-state index is -0.768. The highest BCUT2D eigenvalue weighted by molar-refractivity contribution is 6.00. The molecule has 0 saturated carbocycles. The molecule has 0 saturated heterocycles. The molecule has 8 heteroatoms. The summed E-state index contributed by atoms with van der Waals surface area (Å²) in [5, 5.41) is 0. The Morgan fingerprint density at radius 3 is 2.30 bits per heavy atom. The fourth-order valence-electron chi connectivity index (χ4n) is 2.23. The molecule has 0 aromatic heterocycles. The number of hydrogen-bond acceptors (Lipinski definition) is 7. The first-order valence-corrected chi connectivity index (χ1v) is 7.88. The molecular weight excluding hydrogens is 354 g/mol. The van der Waals surface area contributed by atoms with E-state index < -0.39 is 30.9 Å². The standard InChI is InChI=1S/C19H19NO7/c1-24-12-7-8-13(17(9-12)25-2)15(21)10-27-18(22)11-26-16-6-4-3-5-14(16)19(20)23/h3-9H,10-11H2,1-2H3,(H2,20,23). The molecule has 0 aliphatic heterocycles. The van der Waals surface area contributed by atoms with Crippen LogP contribution in [0.1, 0.15) is 20.7 Å². The molecule has 0 bridgehead atoms. The van der Waals surface area contributed by atoms with Gasteiger partial charge >= 0.3 is 5.97 Å². The summed E-state index contributed by atoms with van der Waals surface area (Å²) in [6.45, 7) is -0.959. The van der Waals surface area contributed by atoms with Crippen LogP contribution < -0.4 is 19.9 Å². The van der Waals surface area contributed by atoms with Crippen LogP contribution in [-0.2, 0) is 9.53 Å². The Labute approximate surface area is 155 Å². The van der Waals surface area contributed by atoms with Crippen LogP contribution in [0.25, 0.3) is 0 Å². The van der Waals surface area contributed by atoms with Gasteiger partial charge in [0.15, 0.2) is 13.2 Å². The molecule has 142 valence electrons. The maximum atomic E-state index is 12.2. The highest BCUT2D eigenvalue weighted by Gasteiger charge is 2.16. The Morgan fingerprint density at radius 1 is 0.889 bits per heavy atom. The number of Topliss-reactive ketones (excluding diaryl/α,β-unsaturated/α-hetero) is 1. The molecule has 2 rings (SSSR count). The van der Waals surface area contributed by atoms with Crippen LogP contribution in [0.2, 0.25) is 0 Å². The maximum absolute atomic E-state index is 12.2. The van der Waals surface area contributed by atoms with Crippen molar-refractivity contribution in [3.63, 3.8) is 0 Å². The highest BCUT2D eigenvalue weighted by Crippen LogP contribution is 2.25. The zero-order chi connectivity index (χ0) is 19.8. The number of nitrogens with two attached hydrogens (primary N) is 1. The van der Waals surface area contributed by atoms with Crippen LogP contribution in [0.15, 0.2) is 42.5 Å². The molecule has 0 fully saturated rings. The molecule has 0 spiro atoms.